The van der Waals surface area contributed by atoms with E-state index < -0.39 is 8.07 Å². The molecule has 2 aliphatic rings. The molecule has 0 saturated carbocycles. The lowest BCUT2D eigenvalue weighted by Gasteiger charge is -2.45. The molecule has 7 rings (SSSR count). The van der Waals surface area contributed by atoms with E-state index in [1.54, 1.807) is 0 Å². The fraction of sp³-hybridized carbons (Fsp3) is 0.0312. The van der Waals surface area contributed by atoms with Gasteiger partial charge in [-0.25, -0.2) is 4.79 Å². The van der Waals surface area contributed by atoms with Crippen molar-refractivity contribution in [2.45, 2.75) is 6.61 Å². The van der Waals surface area contributed by atoms with Gasteiger partial charge in [0, 0.05) is 22.6 Å². The summed E-state index contributed by atoms with van der Waals surface area (Å²) in [6, 6.07) is 45.7. The number of fused-ring (bicyclic) bond motifs is 3. The zero-order valence-electron chi connectivity index (χ0n) is 19.6. The Morgan fingerprint density at radius 3 is 1.72 bits per heavy atom. The van der Waals surface area contributed by atoms with E-state index in [2.05, 4.69) is 120 Å². The number of ether oxygens (including phenoxy) is 1. The summed E-state index contributed by atoms with van der Waals surface area (Å²) in [5.41, 5.74) is 5.00. The van der Waals surface area contributed by atoms with Crippen LogP contribution in [-0.4, -0.2) is 14.0 Å². The second kappa shape index (κ2) is 8.07. The highest BCUT2D eigenvalue weighted by Crippen LogP contribution is 2.39. The van der Waals surface area contributed by atoms with E-state index in [1.807, 2.05) is 12.1 Å². The molecule has 2 heterocycles. The van der Waals surface area contributed by atoms with Crippen molar-refractivity contribution < 1.29 is 9.53 Å². The van der Waals surface area contributed by atoms with Gasteiger partial charge in [-0.2, -0.15) is 0 Å². The second-order valence-electron chi connectivity index (χ2n) is 9.27. The molecule has 5 aromatic carbocycles. The number of rotatable bonds is 3. The molecule has 0 spiro atoms. The van der Waals surface area contributed by atoms with Gasteiger partial charge in [0.05, 0.1) is 5.56 Å². The van der Waals surface area contributed by atoms with Crippen LogP contribution in [0.5, 0.6) is 0 Å². The third kappa shape index (κ3) is 2.88. The molecule has 0 aromatic heterocycles. The summed E-state index contributed by atoms with van der Waals surface area (Å²) in [7, 11) is -2.60. The van der Waals surface area contributed by atoms with Gasteiger partial charge in [-0.05, 0) is 51.1 Å². The number of cyclic esters (lactones) is 1. The van der Waals surface area contributed by atoms with E-state index in [0.717, 1.165) is 11.3 Å². The molecule has 0 fully saturated rings. The largest absolute Gasteiger partial charge is 0.457 e. The maximum Gasteiger partial charge on any atom is 0.338 e. The summed E-state index contributed by atoms with van der Waals surface area (Å²) in [6.45, 7) is 0.325. The highest BCUT2D eigenvalue weighted by Gasteiger charge is 2.48. The third-order valence-electron chi connectivity index (χ3n) is 7.44. The van der Waals surface area contributed by atoms with Crippen LogP contribution in [0.4, 0.5) is 17.1 Å². The van der Waals surface area contributed by atoms with Gasteiger partial charge in [0.25, 0.3) is 0 Å². The van der Waals surface area contributed by atoms with Crippen molar-refractivity contribution in [1.82, 2.24) is 0 Å². The summed E-state index contributed by atoms with van der Waals surface area (Å²) in [4.78, 5) is 14.5. The first-order valence-electron chi connectivity index (χ1n) is 12.2. The van der Waals surface area contributed by atoms with E-state index in [9.17, 15) is 4.79 Å². The Morgan fingerprint density at radius 2 is 1.14 bits per heavy atom. The van der Waals surface area contributed by atoms with Crippen molar-refractivity contribution in [3.05, 3.63) is 139 Å². The smallest absolute Gasteiger partial charge is 0.338 e. The van der Waals surface area contributed by atoms with Crippen molar-refractivity contribution in [1.29, 1.82) is 0 Å². The molecule has 0 saturated heterocycles. The number of anilines is 3. The molecule has 0 amide bonds. The van der Waals surface area contributed by atoms with Crippen molar-refractivity contribution in [3.8, 4) is 0 Å². The number of carbonyl (C=O) groups is 1. The lowest BCUT2D eigenvalue weighted by atomic mass is 10.1. The SMILES string of the molecule is O=C1OCc2cc(N3c4ccccc4[Si](c4ccccc4)(c4ccccc4)c4ccccc43)ccc21. The van der Waals surface area contributed by atoms with Crippen LogP contribution in [0.3, 0.4) is 0 Å². The second-order valence-corrected chi connectivity index (χ2v) is 13.0. The Hall–Kier alpha value is -4.41. The summed E-state index contributed by atoms with van der Waals surface area (Å²) in [6.07, 6.45) is 0. The topological polar surface area (TPSA) is 29.5 Å². The average Bonchev–Trinajstić information content (AvgIpc) is 3.32. The number of hydrogen-bond donors (Lipinski definition) is 0. The first kappa shape index (κ1) is 20.9. The molecule has 0 unspecified atom stereocenters. The van der Waals surface area contributed by atoms with Gasteiger partial charge in [0.15, 0.2) is 8.07 Å². The number of para-hydroxylation sites is 2. The van der Waals surface area contributed by atoms with E-state index in [4.69, 9.17) is 4.74 Å². The minimum atomic E-state index is -2.60. The molecule has 0 atom stereocenters. The normalized spacial score (nSPS) is 15.0. The molecule has 4 heteroatoms. The Bertz CT molecular complexity index is 1530. The van der Waals surface area contributed by atoms with Gasteiger partial charge >= 0.3 is 5.97 Å². The monoisotopic (exact) mass is 481 g/mol. The fourth-order valence-electron chi connectivity index (χ4n) is 5.95. The summed E-state index contributed by atoms with van der Waals surface area (Å²) < 4.78 is 5.30. The molecule has 5 aromatic rings. The van der Waals surface area contributed by atoms with Gasteiger partial charge in [0.2, 0.25) is 0 Å². The van der Waals surface area contributed by atoms with Crippen LogP contribution in [0.2, 0.25) is 0 Å². The number of esters is 1. The minimum absolute atomic E-state index is 0.240. The fourth-order valence-corrected chi connectivity index (χ4v) is 11.1. The number of hydrogen-bond acceptors (Lipinski definition) is 3. The molecule has 3 nitrogen and oxygen atoms in total. The maximum absolute atomic E-state index is 12.1. The summed E-state index contributed by atoms with van der Waals surface area (Å²) in [5.74, 6) is -0.240. The highest BCUT2D eigenvalue weighted by atomic mass is 28.3. The van der Waals surface area contributed by atoms with E-state index in [1.165, 1.54) is 32.1 Å². The average molecular weight is 482 g/mol. The minimum Gasteiger partial charge on any atom is -0.457 e. The van der Waals surface area contributed by atoms with E-state index >= 15 is 0 Å². The molecule has 36 heavy (non-hydrogen) atoms. The predicted molar refractivity (Wildman–Crippen MR) is 147 cm³/mol. The number of nitrogens with zero attached hydrogens (tertiary/aromatic N) is 1. The van der Waals surface area contributed by atoms with Gasteiger partial charge < -0.3 is 9.64 Å². The third-order valence-corrected chi connectivity index (χ3v) is 12.3. The molecule has 0 bridgehead atoms. The highest BCUT2D eigenvalue weighted by molar-refractivity contribution is 7.21. The van der Waals surface area contributed by atoms with Crippen molar-refractivity contribution >= 4 is 51.9 Å². The summed E-state index contributed by atoms with van der Waals surface area (Å²) >= 11 is 0. The predicted octanol–water partition coefficient (Wildman–Crippen LogP) is 4.52. The van der Waals surface area contributed by atoms with Crippen LogP contribution in [-0.2, 0) is 11.3 Å². The Labute approximate surface area is 211 Å². The van der Waals surface area contributed by atoms with Crippen molar-refractivity contribution in [2.75, 3.05) is 4.90 Å². The van der Waals surface area contributed by atoms with Crippen molar-refractivity contribution in [2.24, 2.45) is 0 Å². The van der Waals surface area contributed by atoms with Gasteiger partial charge in [0.1, 0.15) is 6.61 Å². The first-order chi connectivity index (χ1) is 17.8. The number of benzene rings is 5. The molecular weight excluding hydrogens is 458 g/mol. The zero-order chi connectivity index (χ0) is 24.1. The number of carbonyl (C=O) groups excluding carboxylic acids is 1. The van der Waals surface area contributed by atoms with Crippen LogP contribution in [0.15, 0.2) is 127 Å². The first-order valence-corrected chi connectivity index (χ1v) is 14.2. The van der Waals surface area contributed by atoms with Crippen LogP contribution in [0.25, 0.3) is 0 Å². The van der Waals surface area contributed by atoms with Crippen LogP contribution >= 0.6 is 0 Å². The quantitative estimate of drug-likeness (QED) is 0.275. The van der Waals surface area contributed by atoms with Gasteiger partial charge in [-0.3, -0.25) is 0 Å². The Morgan fingerprint density at radius 1 is 0.611 bits per heavy atom. The maximum atomic E-state index is 12.1. The molecule has 172 valence electrons. The molecular formula is C32H23NO2Si. The molecule has 2 aliphatic heterocycles. The lowest BCUT2D eigenvalue weighted by Crippen LogP contribution is -2.77. The van der Waals surface area contributed by atoms with E-state index in [0.29, 0.717) is 12.2 Å². The molecule has 0 N–H and O–H groups in total. The summed E-state index contributed by atoms with van der Waals surface area (Å²) in [5, 5.41) is 5.44. The lowest BCUT2D eigenvalue weighted by molar-refractivity contribution is 0.0535. The van der Waals surface area contributed by atoms with Gasteiger partial charge in [-0.1, -0.05) is 97.1 Å². The van der Waals surface area contributed by atoms with Crippen molar-refractivity contribution in [3.63, 3.8) is 0 Å². The standard InChI is InChI=1S/C32H23NO2Si/c34-32-27-20-19-24(21-23(27)22-35-32)33-28-15-7-9-17-30(28)36(25-11-3-1-4-12-25,26-13-5-2-6-14-26)31-18-10-8-16-29(31)33/h1-21H,22H2. The van der Waals surface area contributed by atoms with Gasteiger partial charge in [-0.15, -0.1) is 0 Å². The van der Waals surface area contributed by atoms with E-state index in [-0.39, 0.29) is 5.97 Å². The molecule has 0 radical (unpaired) electrons. The Balaban J connectivity index is 1.57. The van der Waals surface area contributed by atoms with Crippen LogP contribution in [0.1, 0.15) is 15.9 Å². The van der Waals surface area contributed by atoms with Crippen LogP contribution in [0, 0.1) is 0 Å². The zero-order valence-corrected chi connectivity index (χ0v) is 20.6. The molecule has 0 aliphatic carbocycles. The Kier molecular flexibility index (Phi) is 4.69. The van der Waals surface area contributed by atoms with Crippen LogP contribution < -0.4 is 25.6 Å².